The van der Waals surface area contributed by atoms with Crippen molar-refractivity contribution in [1.29, 1.82) is 0 Å². The van der Waals surface area contributed by atoms with E-state index in [9.17, 15) is 4.79 Å². The molecule has 0 spiro atoms. The Hall–Kier alpha value is -2.89. The molecule has 29 heavy (non-hydrogen) atoms. The third-order valence-electron chi connectivity index (χ3n) is 5.92. The lowest BCUT2D eigenvalue weighted by atomic mass is 9.95. The van der Waals surface area contributed by atoms with Crippen LogP contribution in [0.25, 0.3) is 10.8 Å². The number of carbonyl (C=O) groups is 1. The molecule has 6 nitrogen and oxygen atoms in total. The second-order valence-corrected chi connectivity index (χ2v) is 7.91. The lowest BCUT2D eigenvalue weighted by Gasteiger charge is -2.31. The molecule has 0 radical (unpaired) electrons. The first-order valence-corrected chi connectivity index (χ1v) is 10.5. The zero-order chi connectivity index (χ0) is 19.8. The smallest absolute Gasteiger partial charge is 0.258 e. The van der Waals surface area contributed by atoms with Crippen LogP contribution >= 0.6 is 0 Å². The van der Waals surface area contributed by atoms with Gasteiger partial charge in [-0.15, -0.1) is 10.2 Å². The summed E-state index contributed by atoms with van der Waals surface area (Å²) in [7, 11) is 0. The molecule has 0 N–H and O–H groups in total. The van der Waals surface area contributed by atoms with Crippen LogP contribution in [0.2, 0.25) is 0 Å². The molecule has 1 aliphatic carbocycles. The van der Waals surface area contributed by atoms with E-state index in [1.54, 1.807) is 0 Å². The van der Waals surface area contributed by atoms with Gasteiger partial charge in [-0.25, -0.2) is 0 Å². The van der Waals surface area contributed by atoms with Crippen molar-refractivity contribution in [2.45, 2.75) is 44.4 Å². The Labute approximate surface area is 169 Å². The maximum absolute atomic E-state index is 13.4. The van der Waals surface area contributed by atoms with Crippen molar-refractivity contribution in [3.8, 4) is 5.75 Å². The molecule has 0 unspecified atom stereocenters. The van der Waals surface area contributed by atoms with Gasteiger partial charge in [0.1, 0.15) is 5.75 Å². The molecule has 3 aromatic rings. The molecule has 2 aliphatic rings. The number of carbonyl (C=O) groups excluding carboxylic acids is 1. The molecule has 0 bridgehead atoms. The van der Waals surface area contributed by atoms with Crippen LogP contribution in [-0.4, -0.2) is 40.7 Å². The average molecular weight is 391 g/mol. The zero-order valence-electron chi connectivity index (χ0n) is 16.6. The summed E-state index contributed by atoms with van der Waals surface area (Å²) in [6.45, 7) is 3.83. The number of benzene rings is 2. The lowest BCUT2D eigenvalue weighted by Crippen LogP contribution is -2.38. The summed E-state index contributed by atoms with van der Waals surface area (Å²) < 4.78 is 11.7. The van der Waals surface area contributed by atoms with Gasteiger partial charge in [0, 0.05) is 24.9 Å². The number of fused-ring (bicyclic) bond motifs is 1. The Morgan fingerprint density at radius 3 is 2.41 bits per heavy atom. The van der Waals surface area contributed by atoms with Crippen LogP contribution in [0.1, 0.15) is 66.6 Å². The topological polar surface area (TPSA) is 68.5 Å². The van der Waals surface area contributed by atoms with Gasteiger partial charge >= 0.3 is 0 Å². The summed E-state index contributed by atoms with van der Waals surface area (Å²) in [4.78, 5) is 15.4. The van der Waals surface area contributed by atoms with Crippen molar-refractivity contribution in [3.05, 3.63) is 53.7 Å². The molecule has 0 atom stereocenters. The Balaban J connectivity index is 1.35. The van der Waals surface area contributed by atoms with Crippen LogP contribution in [0, 0.1) is 0 Å². The molecule has 2 heterocycles. The molecule has 2 aromatic carbocycles. The largest absolute Gasteiger partial charge is 0.493 e. The van der Waals surface area contributed by atoms with Crippen LogP contribution in [0.5, 0.6) is 5.75 Å². The van der Waals surface area contributed by atoms with Gasteiger partial charge in [0.2, 0.25) is 11.8 Å². The Bertz CT molecular complexity index is 1030. The first kappa shape index (κ1) is 18.2. The SMILES string of the molecule is CCOc1ccc2ccccc2c1C(=O)N1CCC(c2nnc(C3CC3)o2)CC1. The van der Waals surface area contributed by atoms with Crippen LogP contribution in [0.4, 0.5) is 0 Å². The van der Waals surface area contributed by atoms with E-state index in [-0.39, 0.29) is 11.8 Å². The van der Waals surface area contributed by atoms with Gasteiger partial charge in [-0.2, -0.15) is 0 Å². The van der Waals surface area contributed by atoms with Gasteiger partial charge < -0.3 is 14.1 Å². The van der Waals surface area contributed by atoms with E-state index in [2.05, 4.69) is 10.2 Å². The number of aromatic nitrogens is 2. The summed E-state index contributed by atoms with van der Waals surface area (Å²) in [6.07, 6.45) is 3.99. The second kappa shape index (κ2) is 7.50. The number of nitrogens with zero attached hydrogens (tertiary/aromatic N) is 3. The highest BCUT2D eigenvalue weighted by Gasteiger charge is 2.33. The highest BCUT2D eigenvalue weighted by Crippen LogP contribution is 2.40. The molecular weight excluding hydrogens is 366 g/mol. The fourth-order valence-corrected chi connectivity index (χ4v) is 4.14. The van der Waals surface area contributed by atoms with E-state index in [0.29, 0.717) is 36.9 Å². The van der Waals surface area contributed by atoms with E-state index in [0.717, 1.165) is 48.2 Å². The quantitative estimate of drug-likeness (QED) is 0.640. The van der Waals surface area contributed by atoms with Gasteiger partial charge in [-0.3, -0.25) is 4.79 Å². The minimum absolute atomic E-state index is 0.0351. The number of likely N-dealkylation sites (tertiary alicyclic amines) is 1. The summed E-state index contributed by atoms with van der Waals surface area (Å²) in [5.74, 6) is 2.92. The van der Waals surface area contributed by atoms with Crippen LogP contribution in [0.15, 0.2) is 40.8 Å². The minimum atomic E-state index is 0.0351. The molecular formula is C23H25N3O3. The Kier molecular flexibility index (Phi) is 4.70. The van der Waals surface area contributed by atoms with Crippen LogP contribution in [-0.2, 0) is 0 Å². The van der Waals surface area contributed by atoms with Gasteiger partial charge in [0.05, 0.1) is 12.2 Å². The lowest BCUT2D eigenvalue weighted by molar-refractivity contribution is 0.0704. The van der Waals surface area contributed by atoms with Gasteiger partial charge in [-0.1, -0.05) is 30.3 Å². The van der Waals surface area contributed by atoms with E-state index >= 15 is 0 Å². The van der Waals surface area contributed by atoms with E-state index < -0.39 is 0 Å². The van der Waals surface area contributed by atoms with Crippen LogP contribution < -0.4 is 4.74 Å². The van der Waals surface area contributed by atoms with Crippen LogP contribution in [0.3, 0.4) is 0 Å². The predicted octanol–water partition coefficient (Wildman–Crippen LogP) is 4.52. The van der Waals surface area contributed by atoms with E-state index in [1.165, 1.54) is 0 Å². The van der Waals surface area contributed by atoms with Gasteiger partial charge in [-0.05, 0) is 49.4 Å². The second-order valence-electron chi connectivity index (χ2n) is 7.91. The zero-order valence-corrected chi connectivity index (χ0v) is 16.6. The fraction of sp³-hybridized carbons (Fsp3) is 0.435. The summed E-state index contributed by atoms with van der Waals surface area (Å²) in [5, 5.41) is 10.5. The molecule has 2 fully saturated rings. The van der Waals surface area contributed by atoms with Gasteiger partial charge in [0.15, 0.2) is 0 Å². The molecule has 1 saturated heterocycles. The summed E-state index contributed by atoms with van der Waals surface area (Å²) in [5.41, 5.74) is 0.664. The molecule has 150 valence electrons. The van der Waals surface area contributed by atoms with Crippen molar-refractivity contribution >= 4 is 16.7 Å². The molecule has 1 aliphatic heterocycles. The number of hydrogen-bond acceptors (Lipinski definition) is 5. The third kappa shape index (κ3) is 3.48. The maximum atomic E-state index is 13.4. The first-order valence-electron chi connectivity index (χ1n) is 10.5. The van der Waals surface area contributed by atoms with Crippen molar-refractivity contribution < 1.29 is 13.9 Å². The minimum Gasteiger partial charge on any atom is -0.493 e. The van der Waals surface area contributed by atoms with Gasteiger partial charge in [0.25, 0.3) is 5.91 Å². The number of rotatable bonds is 5. The van der Waals surface area contributed by atoms with E-state index in [1.807, 2.05) is 48.2 Å². The van der Waals surface area contributed by atoms with Crippen molar-refractivity contribution in [1.82, 2.24) is 15.1 Å². The fourth-order valence-electron chi connectivity index (χ4n) is 4.14. The summed E-state index contributed by atoms with van der Waals surface area (Å²) in [6, 6.07) is 11.9. The highest BCUT2D eigenvalue weighted by molar-refractivity contribution is 6.09. The standard InChI is InChI=1S/C23H25N3O3/c1-2-28-19-10-9-15-5-3-4-6-18(15)20(19)23(27)26-13-11-17(12-14-26)22-25-24-21(29-22)16-7-8-16/h3-6,9-10,16-17H,2,7-8,11-14H2,1H3. The molecule has 5 rings (SSSR count). The van der Waals surface area contributed by atoms with Crippen molar-refractivity contribution in [2.75, 3.05) is 19.7 Å². The predicted molar refractivity (Wildman–Crippen MR) is 109 cm³/mol. The number of amides is 1. The first-order chi connectivity index (χ1) is 14.2. The molecule has 1 saturated carbocycles. The number of piperidine rings is 1. The molecule has 1 amide bonds. The maximum Gasteiger partial charge on any atom is 0.258 e. The average Bonchev–Trinajstić information content (AvgIpc) is 3.50. The molecule has 6 heteroatoms. The van der Waals surface area contributed by atoms with Crippen molar-refractivity contribution in [2.24, 2.45) is 0 Å². The highest BCUT2D eigenvalue weighted by atomic mass is 16.5. The number of hydrogen-bond donors (Lipinski definition) is 0. The van der Waals surface area contributed by atoms with E-state index in [4.69, 9.17) is 9.15 Å². The normalized spacial score (nSPS) is 17.6. The molecule has 1 aromatic heterocycles. The third-order valence-corrected chi connectivity index (χ3v) is 5.92. The van der Waals surface area contributed by atoms with Crippen molar-refractivity contribution in [3.63, 3.8) is 0 Å². The summed E-state index contributed by atoms with van der Waals surface area (Å²) >= 11 is 0. The Morgan fingerprint density at radius 1 is 1.03 bits per heavy atom. The monoisotopic (exact) mass is 391 g/mol. The Morgan fingerprint density at radius 2 is 1.72 bits per heavy atom. The number of ether oxygens (including phenoxy) is 1.